The zero-order valence-corrected chi connectivity index (χ0v) is 13.7. The first-order valence-corrected chi connectivity index (χ1v) is 8.09. The van der Waals surface area contributed by atoms with Crippen molar-refractivity contribution in [1.29, 1.82) is 0 Å². The van der Waals surface area contributed by atoms with E-state index >= 15 is 0 Å². The van der Waals surface area contributed by atoms with Gasteiger partial charge in [0.15, 0.2) is 0 Å². The molecule has 0 aliphatic heterocycles. The van der Waals surface area contributed by atoms with E-state index in [2.05, 4.69) is 35.8 Å². The quantitative estimate of drug-likeness (QED) is 0.589. The average Bonchev–Trinajstić information content (AvgIpc) is 2.58. The summed E-state index contributed by atoms with van der Waals surface area (Å²) in [7, 11) is 0. The van der Waals surface area contributed by atoms with Gasteiger partial charge in [-0.05, 0) is 24.1 Å². The third-order valence-electron chi connectivity index (χ3n) is 3.70. The van der Waals surface area contributed by atoms with Crippen LogP contribution in [-0.2, 0) is 13.2 Å². The molecule has 0 saturated heterocycles. The lowest BCUT2D eigenvalue weighted by atomic mass is 10.1. The van der Waals surface area contributed by atoms with E-state index < -0.39 is 0 Å². The van der Waals surface area contributed by atoms with Gasteiger partial charge in [-0.1, -0.05) is 42.5 Å². The summed E-state index contributed by atoms with van der Waals surface area (Å²) in [6, 6.07) is 16.4. The highest BCUT2D eigenvalue weighted by Crippen LogP contribution is 2.20. The molecule has 0 saturated carbocycles. The van der Waals surface area contributed by atoms with Crippen molar-refractivity contribution in [2.24, 2.45) is 0 Å². The monoisotopic (exact) mass is 314 g/mol. The van der Waals surface area contributed by atoms with Crippen LogP contribution in [-0.4, -0.2) is 31.3 Å². The summed E-state index contributed by atoms with van der Waals surface area (Å²) in [5.74, 6) is 0.923. The van der Waals surface area contributed by atoms with Crippen LogP contribution in [0, 0.1) is 6.92 Å². The largest absolute Gasteiger partial charge is 0.489 e. The highest BCUT2D eigenvalue weighted by Gasteiger charge is 2.04. The second-order valence-corrected chi connectivity index (χ2v) is 5.47. The maximum Gasteiger partial charge on any atom is 0.124 e. The molecule has 0 fully saturated rings. The summed E-state index contributed by atoms with van der Waals surface area (Å²) < 4.78 is 6.01. The van der Waals surface area contributed by atoms with Crippen LogP contribution in [0.25, 0.3) is 0 Å². The van der Waals surface area contributed by atoms with E-state index in [1.165, 1.54) is 11.1 Å². The van der Waals surface area contributed by atoms with Gasteiger partial charge in [0.05, 0.1) is 6.61 Å². The lowest BCUT2D eigenvalue weighted by Gasteiger charge is -2.13. The van der Waals surface area contributed by atoms with Crippen molar-refractivity contribution in [3.63, 3.8) is 0 Å². The van der Waals surface area contributed by atoms with E-state index in [0.717, 1.165) is 30.9 Å². The molecule has 0 radical (unpaired) electrons. The van der Waals surface area contributed by atoms with E-state index in [4.69, 9.17) is 9.84 Å². The van der Waals surface area contributed by atoms with Crippen molar-refractivity contribution < 1.29 is 9.84 Å². The Bertz CT molecular complexity index is 587. The molecular formula is C19H26N2O2. The lowest BCUT2D eigenvalue weighted by Crippen LogP contribution is -2.28. The number of hydrogen-bond donors (Lipinski definition) is 3. The Morgan fingerprint density at radius 1 is 0.870 bits per heavy atom. The number of aliphatic hydroxyl groups excluding tert-OH is 1. The maximum atomic E-state index is 8.71. The van der Waals surface area contributed by atoms with Crippen LogP contribution in [0.3, 0.4) is 0 Å². The van der Waals surface area contributed by atoms with Crippen molar-refractivity contribution in [3.05, 3.63) is 65.2 Å². The normalized spacial score (nSPS) is 10.7. The molecule has 0 atom stereocenters. The Morgan fingerprint density at radius 2 is 1.57 bits per heavy atom. The van der Waals surface area contributed by atoms with E-state index in [1.807, 2.05) is 30.3 Å². The van der Waals surface area contributed by atoms with Crippen molar-refractivity contribution in [1.82, 2.24) is 10.6 Å². The van der Waals surface area contributed by atoms with Crippen LogP contribution in [0.4, 0.5) is 0 Å². The molecule has 2 aromatic carbocycles. The van der Waals surface area contributed by atoms with E-state index in [9.17, 15) is 0 Å². The third-order valence-corrected chi connectivity index (χ3v) is 3.70. The van der Waals surface area contributed by atoms with Gasteiger partial charge in [-0.15, -0.1) is 0 Å². The van der Waals surface area contributed by atoms with Crippen LogP contribution in [0.5, 0.6) is 5.75 Å². The number of hydrogen-bond acceptors (Lipinski definition) is 4. The Balaban J connectivity index is 1.84. The van der Waals surface area contributed by atoms with Gasteiger partial charge in [0.25, 0.3) is 0 Å². The summed E-state index contributed by atoms with van der Waals surface area (Å²) >= 11 is 0. The van der Waals surface area contributed by atoms with Crippen molar-refractivity contribution in [2.45, 2.75) is 20.1 Å². The fourth-order valence-electron chi connectivity index (χ4n) is 2.32. The van der Waals surface area contributed by atoms with Gasteiger partial charge in [0, 0.05) is 31.7 Å². The summed E-state index contributed by atoms with van der Waals surface area (Å²) in [6.45, 7) is 5.96. The molecule has 0 aromatic heterocycles. The molecule has 0 bridgehead atoms. The first-order valence-electron chi connectivity index (χ1n) is 8.09. The molecule has 0 heterocycles. The first-order chi connectivity index (χ1) is 11.3. The maximum absolute atomic E-state index is 8.71. The number of ether oxygens (including phenoxy) is 1. The van der Waals surface area contributed by atoms with Gasteiger partial charge < -0.3 is 20.5 Å². The topological polar surface area (TPSA) is 53.5 Å². The number of aliphatic hydroxyl groups is 1. The van der Waals surface area contributed by atoms with Crippen molar-refractivity contribution >= 4 is 0 Å². The smallest absolute Gasteiger partial charge is 0.124 e. The van der Waals surface area contributed by atoms with Gasteiger partial charge in [0.1, 0.15) is 12.4 Å². The number of benzene rings is 2. The van der Waals surface area contributed by atoms with Gasteiger partial charge >= 0.3 is 0 Å². The molecule has 0 aliphatic rings. The zero-order chi connectivity index (χ0) is 16.3. The van der Waals surface area contributed by atoms with Gasteiger partial charge in [0.2, 0.25) is 0 Å². The summed E-state index contributed by atoms with van der Waals surface area (Å²) in [4.78, 5) is 0. The number of nitrogens with one attached hydrogen (secondary N) is 2. The molecule has 4 nitrogen and oxygen atoms in total. The molecule has 0 unspecified atom stereocenters. The van der Waals surface area contributed by atoms with E-state index in [-0.39, 0.29) is 6.61 Å². The number of rotatable bonds is 10. The van der Waals surface area contributed by atoms with Gasteiger partial charge in [-0.2, -0.15) is 0 Å². The van der Waals surface area contributed by atoms with E-state index in [1.54, 1.807) is 0 Å². The minimum atomic E-state index is 0.176. The fourth-order valence-corrected chi connectivity index (χ4v) is 2.32. The molecule has 2 aromatic rings. The van der Waals surface area contributed by atoms with Crippen LogP contribution >= 0.6 is 0 Å². The van der Waals surface area contributed by atoms with Crippen molar-refractivity contribution in [3.8, 4) is 5.75 Å². The first kappa shape index (κ1) is 17.5. The lowest BCUT2D eigenvalue weighted by molar-refractivity contribution is 0.292. The van der Waals surface area contributed by atoms with Gasteiger partial charge in [-0.3, -0.25) is 0 Å². The van der Waals surface area contributed by atoms with E-state index in [0.29, 0.717) is 13.2 Å². The fraction of sp³-hybridized carbons (Fsp3) is 0.368. The molecule has 3 N–H and O–H groups in total. The predicted octanol–water partition coefficient (Wildman–Crippen LogP) is 2.25. The number of para-hydroxylation sites is 1. The van der Waals surface area contributed by atoms with Crippen molar-refractivity contribution in [2.75, 3.05) is 26.2 Å². The second-order valence-electron chi connectivity index (χ2n) is 5.47. The molecule has 0 spiro atoms. The molecule has 0 aliphatic carbocycles. The second kappa shape index (κ2) is 10.0. The van der Waals surface area contributed by atoms with Crippen LogP contribution in [0.15, 0.2) is 48.5 Å². The van der Waals surface area contributed by atoms with Crippen LogP contribution < -0.4 is 15.4 Å². The highest BCUT2D eigenvalue weighted by molar-refractivity contribution is 5.34. The Labute approximate surface area is 138 Å². The third kappa shape index (κ3) is 6.02. The Morgan fingerprint density at radius 3 is 2.35 bits per heavy atom. The SMILES string of the molecule is Cc1ccccc1COc1ccccc1CNCCNCCO. The molecule has 23 heavy (non-hydrogen) atoms. The standard InChI is InChI=1S/C19H26N2O2/c1-16-6-2-3-8-18(16)15-23-19-9-5-4-7-17(19)14-21-11-10-20-12-13-22/h2-9,20-22H,10-15H2,1H3. The molecular weight excluding hydrogens is 288 g/mol. The Kier molecular flexibility index (Phi) is 7.60. The molecule has 0 amide bonds. The molecule has 2 rings (SSSR count). The zero-order valence-electron chi connectivity index (χ0n) is 13.7. The Hall–Kier alpha value is -1.88. The average molecular weight is 314 g/mol. The minimum absolute atomic E-state index is 0.176. The van der Waals surface area contributed by atoms with Crippen LogP contribution in [0.2, 0.25) is 0 Å². The summed E-state index contributed by atoms with van der Waals surface area (Å²) in [5.41, 5.74) is 3.62. The molecule has 124 valence electrons. The number of aryl methyl sites for hydroxylation is 1. The minimum Gasteiger partial charge on any atom is -0.489 e. The summed E-state index contributed by atoms with van der Waals surface area (Å²) in [6.07, 6.45) is 0. The predicted molar refractivity (Wildman–Crippen MR) is 93.6 cm³/mol. The van der Waals surface area contributed by atoms with Gasteiger partial charge in [-0.25, -0.2) is 0 Å². The summed E-state index contributed by atoms with van der Waals surface area (Å²) in [5, 5.41) is 15.2. The molecule has 4 heteroatoms. The van der Waals surface area contributed by atoms with Crippen LogP contribution in [0.1, 0.15) is 16.7 Å². The highest BCUT2D eigenvalue weighted by atomic mass is 16.5.